The van der Waals surface area contributed by atoms with Crippen molar-refractivity contribution < 1.29 is 40.7 Å². The summed E-state index contributed by atoms with van der Waals surface area (Å²) >= 11 is 0. The van der Waals surface area contributed by atoms with Crippen molar-refractivity contribution in [2.45, 2.75) is 6.42 Å². The molecule has 0 saturated carbocycles. The van der Waals surface area contributed by atoms with E-state index in [1.165, 1.54) is 42.5 Å². The first-order valence-electron chi connectivity index (χ1n) is 7.45. The van der Waals surface area contributed by atoms with E-state index in [1.807, 2.05) is 0 Å². The molecule has 28 heavy (non-hydrogen) atoms. The number of aliphatic carboxylic acids is 1. The molecule has 0 saturated heterocycles. The van der Waals surface area contributed by atoms with E-state index in [2.05, 4.69) is 15.5 Å². The highest BCUT2D eigenvalue weighted by Gasteiger charge is 2.10. The number of rotatable bonds is 7. The first kappa shape index (κ1) is 24.2. The van der Waals surface area contributed by atoms with Crippen LogP contribution in [0.3, 0.4) is 0 Å². The second-order valence-electron chi connectivity index (χ2n) is 5.15. The van der Waals surface area contributed by atoms with Gasteiger partial charge >= 0.3 is 11.9 Å². The Morgan fingerprint density at radius 1 is 0.893 bits per heavy atom. The van der Waals surface area contributed by atoms with Crippen molar-refractivity contribution in [2.75, 3.05) is 6.54 Å². The number of nitrogens with one attached hydrogen (secondary N) is 1. The van der Waals surface area contributed by atoms with E-state index in [1.54, 1.807) is 0 Å². The average Bonchev–Trinajstić information content (AvgIpc) is 2.60. The molecule has 11 heteroatoms. The van der Waals surface area contributed by atoms with Crippen molar-refractivity contribution in [1.82, 2.24) is 5.32 Å². The largest absolute Gasteiger partial charge is 0.507 e. The van der Waals surface area contributed by atoms with Crippen molar-refractivity contribution in [3.05, 3.63) is 53.6 Å². The van der Waals surface area contributed by atoms with Crippen LogP contribution in [0.25, 0.3) is 0 Å². The van der Waals surface area contributed by atoms with Crippen molar-refractivity contribution in [2.24, 2.45) is 10.2 Å². The minimum Gasteiger partial charge on any atom is -0.507 e. The van der Waals surface area contributed by atoms with E-state index in [0.29, 0.717) is 11.3 Å². The normalized spacial score (nSPS) is 9.86. The fourth-order valence-corrected chi connectivity index (χ4v) is 1.94. The highest BCUT2D eigenvalue weighted by atomic mass is 16.4. The van der Waals surface area contributed by atoms with Gasteiger partial charge < -0.3 is 31.6 Å². The summed E-state index contributed by atoms with van der Waals surface area (Å²) in [6.07, 6.45) is -0.164. The lowest BCUT2D eigenvalue weighted by Crippen LogP contribution is -2.25. The van der Waals surface area contributed by atoms with Gasteiger partial charge in [-0.2, -0.15) is 10.2 Å². The first-order valence-corrected chi connectivity index (χ1v) is 7.45. The third-order valence-corrected chi connectivity index (χ3v) is 3.25. The van der Waals surface area contributed by atoms with Crippen LogP contribution in [0, 0.1) is 0 Å². The summed E-state index contributed by atoms with van der Waals surface area (Å²) in [6.45, 7) is 0.0301. The van der Waals surface area contributed by atoms with Crippen LogP contribution < -0.4 is 5.32 Å². The van der Waals surface area contributed by atoms with Crippen LogP contribution in [0.5, 0.6) is 5.75 Å². The van der Waals surface area contributed by atoms with E-state index < -0.39 is 17.8 Å². The van der Waals surface area contributed by atoms with Crippen molar-refractivity contribution in [3.63, 3.8) is 0 Å². The van der Waals surface area contributed by atoms with E-state index in [4.69, 9.17) is 10.2 Å². The number of aromatic carboxylic acids is 1. The van der Waals surface area contributed by atoms with E-state index >= 15 is 0 Å². The second-order valence-corrected chi connectivity index (χ2v) is 5.15. The molecule has 2 rings (SSSR count). The molecule has 0 aliphatic carbocycles. The molecule has 0 atom stereocenters. The molecular formula is C17H19N3O8. The number of hydrogen-bond donors (Lipinski definition) is 4. The predicted octanol–water partition coefficient (Wildman–Crippen LogP) is 1.06. The minimum atomic E-state index is -1.28. The maximum atomic E-state index is 11.8. The lowest BCUT2D eigenvalue weighted by atomic mass is 10.2. The number of aromatic hydroxyl groups is 1. The molecule has 11 nitrogen and oxygen atoms in total. The number of nitrogens with zero attached hydrogens (tertiary/aromatic N) is 2. The molecule has 0 spiro atoms. The Balaban J connectivity index is 0.00000364. The molecular weight excluding hydrogens is 374 g/mol. The summed E-state index contributed by atoms with van der Waals surface area (Å²) in [5.74, 6) is -3.05. The Morgan fingerprint density at radius 2 is 1.46 bits per heavy atom. The standard InChI is InChI=1S/C17H15N3O6.2H2O/c21-14-6-5-12(9-13(14)17(25)26)20-19-11-3-1-10(2-4-11)16(24)18-8-7-15(22)23;;/h1-6,9,21H,7-8H2,(H,18,24)(H,22,23)(H,25,26);2*1H2. The van der Waals surface area contributed by atoms with Gasteiger partial charge in [-0.15, -0.1) is 0 Å². The Hall–Kier alpha value is -3.83. The number of carboxylic acid groups (broad SMARTS) is 2. The Labute approximate surface area is 158 Å². The molecule has 1 amide bonds. The summed E-state index contributed by atoms with van der Waals surface area (Å²) in [6, 6.07) is 9.89. The van der Waals surface area contributed by atoms with Gasteiger partial charge in [-0.1, -0.05) is 0 Å². The van der Waals surface area contributed by atoms with Gasteiger partial charge in [0, 0.05) is 12.1 Å². The minimum absolute atomic E-state index is 0. The van der Waals surface area contributed by atoms with Crippen LogP contribution in [0.15, 0.2) is 52.7 Å². The fraction of sp³-hybridized carbons (Fsp3) is 0.118. The Morgan fingerprint density at radius 3 is 2.04 bits per heavy atom. The molecule has 2 aromatic rings. The summed E-state index contributed by atoms with van der Waals surface area (Å²) in [7, 11) is 0. The molecule has 0 aliphatic heterocycles. The van der Waals surface area contributed by atoms with Crippen LogP contribution in [0.4, 0.5) is 11.4 Å². The summed E-state index contributed by atoms with van der Waals surface area (Å²) in [5, 5.41) is 37.2. The van der Waals surface area contributed by atoms with Crippen LogP contribution in [0.1, 0.15) is 27.1 Å². The molecule has 0 aromatic heterocycles. The molecule has 0 aliphatic rings. The predicted molar refractivity (Wildman–Crippen MR) is 97.5 cm³/mol. The van der Waals surface area contributed by atoms with Crippen LogP contribution in [0.2, 0.25) is 0 Å². The molecule has 0 bridgehead atoms. The number of azo groups is 1. The SMILES string of the molecule is O.O.O=C(O)CCNC(=O)c1ccc(N=Nc2ccc(O)c(C(=O)O)c2)cc1. The zero-order chi connectivity index (χ0) is 19.1. The highest BCUT2D eigenvalue weighted by molar-refractivity contribution is 5.94. The topological polar surface area (TPSA) is 212 Å². The van der Waals surface area contributed by atoms with Gasteiger partial charge in [-0.25, -0.2) is 4.79 Å². The number of carboxylic acids is 2. The monoisotopic (exact) mass is 393 g/mol. The number of benzene rings is 2. The molecule has 0 unspecified atom stereocenters. The summed E-state index contributed by atoms with van der Waals surface area (Å²) in [5.41, 5.74) is 0.731. The zero-order valence-corrected chi connectivity index (χ0v) is 14.4. The van der Waals surface area contributed by atoms with Crippen LogP contribution >= 0.6 is 0 Å². The Kier molecular flexibility index (Phi) is 9.50. The number of carbonyl (C=O) groups is 3. The molecule has 0 radical (unpaired) electrons. The quantitative estimate of drug-likeness (QED) is 0.504. The highest BCUT2D eigenvalue weighted by Crippen LogP contribution is 2.25. The molecule has 0 heterocycles. The van der Waals surface area contributed by atoms with Crippen LogP contribution in [-0.2, 0) is 4.79 Å². The number of carbonyl (C=O) groups excluding carboxylic acids is 1. The Bertz CT molecular complexity index is 865. The van der Waals surface area contributed by atoms with E-state index in [0.717, 1.165) is 0 Å². The first-order chi connectivity index (χ1) is 12.4. The molecule has 150 valence electrons. The maximum absolute atomic E-state index is 11.8. The van der Waals surface area contributed by atoms with Gasteiger partial charge in [0.25, 0.3) is 5.91 Å². The third-order valence-electron chi connectivity index (χ3n) is 3.25. The molecule has 8 N–H and O–H groups in total. The number of amides is 1. The van der Waals surface area contributed by atoms with Gasteiger partial charge in [0.1, 0.15) is 11.3 Å². The van der Waals surface area contributed by atoms with Crippen LogP contribution in [-0.4, -0.2) is 50.7 Å². The molecule has 2 aromatic carbocycles. The fourth-order valence-electron chi connectivity index (χ4n) is 1.94. The van der Waals surface area contributed by atoms with Gasteiger partial charge in [0.15, 0.2) is 0 Å². The van der Waals surface area contributed by atoms with Gasteiger partial charge in [0.05, 0.1) is 17.8 Å². The smallest absolute Gasteiger partial charge is 0.339 e. The van der Waals surface area contributed by atoms with Gasteiger partial charge in [-0.05, 0) is 42.5 Å². The van der Waals surface area contributed by atoms with Crippen molar-refractivity contribution in [1.29, 1.82) is 0 Å². The van der Waals surface area contributed by atoms with Gasteiger partial charge in [-0.3, -0.25) is 9.59 Å². The van der Waals surface area contributed by atoms with Crippen molar-refractivity contribution >= 4 is 29.2 Å². The average molecular weight is 393 g/mol. The van der Waals surface area contributed by atoms with E-state index in [-0.39, 0.29) is 40.9 Å². The summed E-state index contributed by atoms with van der Waals surface area (Å²) in [4.78, 5) is 33.2. The second kappa shape index (κ2) is 11.0. The lowest BCUT2D eigenvalue weighted by Gasteiger charge is -2.03. The lowest BCUT2D eigenvalue weighted by molar-refractivity contribution is -0.136. The maximum Gasteiger partial charge on any atom is 0.339 e. The van der Waals surface area contributed by atoms with Gasteiger partial charge in [0.2, 0.25) is 0 Å². The van der Waals surface area contributed by atoms with E-state index in [9.17, 15) is 19.5 Å². The summed E-state index contributed by atoms with van der Waals surface area (Å²) < 4.78 is 0. The zero-order valence-electron chi connectivity index (χ0n) is 14.4. The number of phenols is 1. The van der Waals surface area contributed by atoms with Crippen molar-refractivity contribution in [3.8, 4) is 5.75 Å². The third kappa shape index (κ3) is 6.82. The molecule has 0 fully saturated rings. The number of hydrogen-bond acceptors (Lipinski definition) is 6.